The van der Waals surface area contributed by atoms with Gasteiger partial charge in [-0.25, -0.2) is 4.79 Å². The minimum Gasteiger partial charge on any atom is -0.487 e. The highest BCUT2D eigenvalue weighted by molar-refractivity contribution is 5.83. The van der Waals surface area contributed by atoms with E-state index >= 15 is 0 Å². The van der Waals surface area contributed by atoms with Crippen LogP contribution in [0.15, 0.2) is 21.3 Å². The molecule has 100 valence electrons. The minimum absolute atomic E-state index is 0.152. The number of fused-ring (bicyclic) bond motifs is 2. The molecule has 0 saturated heterocycles. The number of aryl methyl sites for hydroxylation is 2. The monoisotopic (exact) mass is 258 g/mol. The maximum Gasteiger partial charge on any atom is 0.339 e. The van der Waals surface area contributed by atoms with Crippen LogP contribution in [0.3, 0.4) is 0 Å². The predicted octanol–water partition coefficient (Wildman–Crippen LogP) is 3.51. The van der Waals surface area contributed by atoms with Crippen molar-refractivity contribution in [3.63, 3.8) is 0 Å². The summed E-state index contributed by atoms with van der Waals surface area (Å²) >= 11 is 0. The molecule has 0 spiro atoms. The minimum atomic E-state index is -0.264. The van der Waals surface area contributed by atoms with E-state index in [0.29, 0.717) is 11.1 Å². The van der Waals surface area contributed by atoms with Crippen molar-refractivity contribution >= 4 is 11.0 Å². The highest BCUT2D eigenvalue weighted by atomic mass is 16.5. The van der Waals surface area contributed by atoms with E-state index in [1.54, 1.807) is 6.92 Å². The molecule has 0 bridgehead atoms. The molecule has 2 heterocycles. The van der Waals surface area contributed by atoms with E-state index < -0.39 is 0 Å². The van der Waals surface area contributed by atoms with E-state index in [1.807, 2.05) is 13.0 Å². The van der Waals surface area contributed by atoms with Crippen molar-refractivity contribution in [3.8, 4) is 5.75 Å². The molecule has 3 nitrogen and oxygen atoms in total. The van der Waals surface area contributed by atoms with Crippen molar-refractivity contribution in [2.75, 3.05) is 0 Å². The van der Waals surface area contributed by atoms with E-state index in [-0.39, 0.29) is 11.2 Å². The molecule has 0 atom stereocenters. The second-order valence-electron chi connectivity index (χ2n) is 5.96. The Kier molecular flexibility index (Phi) is 2.49. The third-order valence-corrected chi connectivity index (χ3v) is 4.02. The molecule has 3 heteroatoms. The topological polar surface area (TPSA) is 39.4 Å². The van der Waals surface area contributed by atoms with Crippen LogP contribution in [0.25, 0.3) is 11.0 Å². The van der Waals surface area contributed by atoms with Crippen molar-refractivity contribution < 1.29 is 9.15 Å². The summed E-state index contributed by atoms with van der Waals surface area (Å²) in [5.74, 6) is 0.843. The lowest BCUT2D eigenvalue weighted by atomic mass is 9.92. The molecule has 1 aromatic carbocycles. The van der Waals surface area contributed by atoms with Crippen molar-refractivity contribution in [3.05, 3.63) is 39.2 Å². The highest BCUT2D eigenvalue weighted by Gasteiger charge is 2.27. The van der Waals surface area contributed by atoms with Gasteiger partial charge in [0, 0.05) is 17.0 Å². The quantitative estimate of drug-likeness (QED) is 0.679. The molecule has 3 rings (SSSR count). The lowest BCUT2D eigenvalue weighted by Crippen LogP contribution is -2.32. The summed E-state index contributed by atoms with van der Waals surface area (Å²) in [5.41, 5.74) is 3.08. The molecule has 0 radical (unpaired) electrons. The first-order chi connectivity index (χ1) is 8.87. The molecule has 1 aliphatic heterocycles. The molecule has 1 aromatic heterocycles. The molecule has 0 fully saturated rings. The molecule has 0 amide bonds. The van der Waals surface area contributed by atoms with Gasteiger partial charge in [-0.1, -0.05) is 0 Å². The predicted molar refractivity (Wildman–Crippen MR) is 75.0 cm³/mol. The van der Waals surface area contributed by atoms with Crippen LogP contribution in [0.1, 0.15) is 37.0 Å². The zero-order valence-electron chi connectivity index (χ0n) is 11.8. The maximum absolute atomic E-state index is 11.7. The number of benzene rings is 1. The van der Waals surface area contributed by atoms with Crippen LogP contribution in [0.2, 0.25) is 0 Å². The molecule has 2 aromatic rings. The van der Waals surface area contributed by atoms with Gasteiger partial charge in [0.1, 0.15) is 16.9 Å². The van der Waals surface area contributed by atoms with Gasteiger partial charge in [-0.05, 0) is 57.7 Å². The standard InChI is InChI=1S/C16H18O3/c1-9-10(2)15(17)18-14-8-13-11(7-12(9)14)5-6-16(3,4)19-13/h7-8H,5-6H2,1-4H3. The second kappa shape index (κ2) is 3.86. The largest absolute Gasteiger partial charge is 0.487 e. The van der Waals surface area contributed by atoms with Gasteiger partial charge in [0.05, 0.1) is 0 Å². The van der Waals surface area contributed by atoms with Crippen molar-refractivity contribution in [1.29, 1.82) is 0 Å². The fourth-order valence-corrected chi connectivity index (χ4v) is 2.59. The van der Waals surface area contributed by atoms with Gasteiger partial charge in [-0.15, -0.1) is 0 Å². The molecule has 0 N–H and O–H groups in total. The summed E-state index contributed by atoms with van der Waals surface area (Å²) in [5, 5.41) is 1.01. The number of hydrogen-bond donors (Lipinski definition) is 0. The van der Waals surface area contributed by atoms with Crippen LogP contribution >= 0.6 is 0 Å². The number of rotatable bonds is 0. The second-order valence-corrected chi connectivity index (χ2v) is 5.96. The summed E-state index contributed by atoms with van der Waals surface area (Å²) < 4.78 is 11.3. The highest BCUT2D eigenvalue weighted by Crippen LogP contribution is 2.36. The Labute approximate surface area is 112 Å². The summed E-state index contributed by atoms with van der Waals surface area (Å²) in [6.07, 6.45) is 2.00. The number of ether oxygens (including phenoxy) is 1. The third kappa shape index (κ3) is 1.93. The van der Waals surface area contributed by atoms with E-state index in [9.17, 15) is 4.79 Å². The summed E-state index contributed by atoms with van der Waals surface area (Å²) in [6, 6.07) is 3.96. The van der Waals surface area contributed by atoms with Crippen LogP contribution in [0.5, 0.6) is 5.75 Å². The zero-order valence-corrected chi connectivity index (χ0v) is 11.8. The smallest absolute Gasteiger partial charge is 0.339 e. The molecular formula is C16H18O3. The summed E-state index contributed by atoms with van der Waals surface area (Å²) in [7, 11) is 0. The number of hydrogen-bond acceptors (Lipinski definition) is 3. The Balaban J connectivity index is 2.28. The first-order valence-electron chi connectivity index (χ1n) is 6.63. The van der Waals surface area contributed by atoms with Gasteiger partial charge < -0.3 is 9.15 Å². The molecule has 1 aliphatic rings. The fourth-order valence-electron chi connectivity index (χ4n) is 2.59. The fraction of sp³-hybridized carbons (Fsp3) is 0.438. The molecule has 0 unspecified atom stereocenters. The van der Waals surface area contributed by atoms with Crippen LogP contribution in [-0.2, 0) is 6.42 Å². The Morgan fingerprint density at radius 1 is 1.16 bits per heavy atom. The van der Waals surface area contributed by atoms with Gasteiger partial charge in [0.15, 0.2) is 0 Å². The van der Waals surface area contributed by atoms with Gasteiger partial charge in [-0.2, -0.15) is 0 Å². The van der Waals surface area contributed by atoms with E-state index in [2.05, 4.69) is 19.9 Å². The lowest BCUT2D eigenvalue weighted by Gasteiger charge is -2.32. The third-order valence-electron chi connectivity index (χ3n) is 4.02. The first-order valence-corrected chi connectivity index (χ1v) is 6.63. The van der Waals surface area contributed by atoms with Crippen molar-refractivity contribution in [2.45, 2.75) is 46.1 Å². The average molecular weight is 258 g/mol. The van der Waals surface area contributed by atoms with Crippen LogP contribution in [0, 0.1) is 13.8 Å². The molecule has 0 aliphatic carbocycles. The SMILES string of the molecule is Cc1c(C)c2cc3c(cc2oc1=O)OC(C)(C)CC3. The van der Waals surface area contributed by atoms with E-state index in [4.69, 9.17) is 9.15 Å². The van der Waals surface area contributed by atoms with Crippen LogP contribution in [0.4, 0.5) is 0 Å². The van der Waals surface area contributed by atoms with Gasteiger partial charge in [0.2, 0.25) is 0 Å². The summed E-state index contributed by atoms with van der Waals surface area (Å²) in [4.78, 5) is 11.7. The lowest BCUT2D eigenvalue weighted by molar-refractivity contribution is 0.0848. The Morgan fingerprint density at radius 2 is 1.89 bits per heavy atom. The average Bonchev–Trinajstić information content (AvgIpc) is 2.33. The van der Waals surface area contributed by atoms with Crippen molar-refractivity contribution in [2.24, 2.45) is 0 Å². The van der Waals surface area contributed by atoms with Crippen LogP contribution < -0.4 is 10.4 Å². The maximum atomic E-state index is 11.7. The normalized spacial score (nSPS) is 17.1. The summed E-state index contributed by atoms with van der Waals surface area (Å²) in [6.45, 7) is 7.93. The Morgan fingerprint density at radius 3 is 2.63 bits per heavy atom. The van der Waals surface area contributed by atoms with Gasteiger partial charge in [0.25, 0.3) is 0 Å². The van der Waals surface area contributed by atoms with Gasteiger partial charge >= 0.3 is 5.63 Å². The molecular weight excluding hydrogens is 240 g/mol. The van der Waals surface area contributed by atoms with E-state index in [1.165, 1.54) is 5.56 Å². The van der Waals surface area contributed by atoms with Crippen molar-refractivity contribution in [1.82, 2.24) is 0 Å². The molecule has 19 heavy (non-hydrogen) atoms. The first kappa shape index (κ1) is 12.3. The Hall–Kier alpha value is -1.77. The molecule has 0 saturated carbocycles. The van der Waals surface area contributed by atoms with Crippen LogP contribution in [-0.4, -0.2) is 5.60 Å². The Bertz CT molecular complexity index is 723. The van der Waals surface area contributed by atoms with E-state index in [0.717, 1.165) is 29.5 Å². The zero-order chi connectivity index (χ0) is 13.8. The van der Waals surface area contributed by atoms with Gasteiger partial charge in [-0.3, -0.25) is 0 Å².